The summed E-state index contributed by atoms with van der Waals surface area (Å²) < 4.78 is 43.7. The molecule has 0 aliphatic rings. The number of nitrogens with zero attached hydrogens (tertiary/aromatic N) is 5. The molecule has 7 nitrogen and oxygen atoms in total. The van der Waals surface area contributed by atoms with E-state index in [0.717, 1.165) is 17.8 Å². The quantitative estimate of drug-likeness (QED) is 0.731. The van der Waals surface area contributed by atoms with Crippen molar-refractivity contribution in [2.24, 2.45) is 0 Å². The third-order valence-corrected chi connectivity index (χ3v) is 3.78. The van der Waals surface area contributed by atoms with Crippen molar-refractivity contribution in [1.82, 2.24) is 25.1 Å². The smallest absolute Gasteiger partial charge is 0.435 e. The summed E-state index contributed by atoms with van der Waals surface area (Å²) in [7, 11) is 0. The SMILES string of the molecule is Cc1occc1-c1nnc(Sc2ccc(C(F)(F)F)nn2)n1N. The maximum absolute atomic E-state index is 12.4. The van der Waals surface area contributed by atoms with Gasteiger partial charge in [0.05, 0.1) is 11.8 Å². The first-order valence-corrected chi connectivity index (χ1v) is 7.01. The number of halogens is 3. The molecule has 0 saturated heterocycles. The van der Waals surface area contributed by atoms with E-state index in [2.05, 4.69) is 20.4 Å². The van der Waals surface area contributed by atoms with Crippen LogP contribution in [0.5, 0.6) is 0 Å². The number of furan rings is 1. The first kappa shape index (κ1) is 15.3. The van der Waals surface area contributed by atoms with Crippen molar-refractivity contribution < 1.29 is 17.6 Å². The first-order chi connectivity index (χ1) is 10.9. The Balaban J connectivity index is 1.84. The average molecular weight is 342 g/mol. The minimum atomic E-state index is -4.53. The lowest BCUT2D eigenvalue weighted by molar-refractivity contribution is -0.141. The molecule has 120 valence electrons. The number of rotatable bonds is 3. The Hall–Kier alpha value is -2.56. The van der Waals surface area contributed by atoms with Crippen LogP contribution in [0.25, 0.3) is 11.4 Å². The largest absolute Gasteiger partial charge is 0.469 e. The first-order valence-electron chi connectivity index (χ1n) is 6.20. The molecule has 0 aliphatic carbocycles. The van der Waals surface area contributed by atoms with Crippen molar-refractivity contribution in [3.8, 4) is 11.4 Å². The van der Waals surface area contributed by atoms with Crippen molar-refractivity contribution in [3.63, 3.8) is 0 Å². The Morgan fingerprint density at radius 1 is 1.13 bits per heavy atom. The number of nitrogens with two attached hydrogens (primary N) is 1. The molecule has 0 amide bonds. The molecule has 3 heterocycles. The summed E-state index contributed by atoms with van der Waals surface area (Å²) in [5.41, 5.74) is -0.392. The number of hydrogen-bond acceptors (Lipinski definition) is 7. The summed E-state index contributed by atoms with van der Waals surface area (Å²) in [6, 6.07) is 3.72. The van der Waals surface area contributed by atoms with Gasteiger partial charge in [0.25, 0.3) is 0 Å². The van der Waals surface area contributed by atoms with Crippen molar-refractivity contribution in [1.29, 1.82) is 0 Å². The lowest BCUT2D eigenvalue weighted by Crippen LogP contribution is -2.12. The summed E-state index contributed by atoms with van der Waals surface area (Å²) in [6.07, 6.45) is -3.04. The van der Waals surface area contributed by atoms with Gasteiger partial charge in [-0.05, 0) is 36.9 Å². The van der Waals surface area contributed by atoms with Crippen LogP contribution in [0.3, 0.4) is 0 Å². The Kier molecular flexibility index (Phi) is 3.72. The minimum Gasteiger partial charge on any atom is -0.469 e. The molecular formula is C12H9F3N6OS. The maximum Gasteiger partial charge on any atom is 0.435 e. The summed E-state index contributed by atoms with van der Waals surface area (Å²) >= 11 is 0.950. The lowest BCUT2D eigenvalue weighted by atomic mass is 10.2. The Labute approximate surface area is 131 Å². The van der Waals surface area contributed by atoms with Crippen LogP contribution < -0.4 is 5.84 Å². The van der Waals surface area contributed by atoms with Gasteiger partial charge in [-0.25, -0.2) is 4.68 Å². The fraction of sp³-hybridized carbons (Fsp3) is 0.167. The molecule has 0 saturated carbocycles. The molecule has 2 N–H and O–H groups in total. The van der Waals surface area contributed by atoms with E-state index in [-0.39, 0.29) is 10.2 Å². The molecule has 0 bridgehead atoms. The van der Waals surface area contributed by atoms with Crippen molar-refractivity contribution >= 4 is 11.8 Å². The molecule has 23 heavy (non-hydrogen) atoms. The minimum absolute atomic E-state index is 0.215. The summed E-state index contributed by atoms with van der Waals surface area (Å²) in [4.78, 5) is 0. The van der Waals surface area contributed by atoms with Gasteiger partial charge in [-0.2, -0.15) is 13.2 Å². The summed E-state index contributed by atoms with van der Waals surface area (Å²) in [5.74, 6) is 6.91. The van der Waals surface area contributed by atoms with E-state index in [1.54, 1.807) is 13.0 Å². The monoisotopic (exact) mass is 342 g/mol. The molecular weight excluding hydrogens is 333 g/mol. The summed E-state index contributed by atoms with van der Waals surface area (Å²) in [6.45, 7) is 1.75. The highest BCUT2D eigenvalue weighted by molar-refractivity contribution is 7.99. The van der Waals surface area contributed by atoms with Gasteiger partial charge in [-0.3, -0.25) is 0 Å². The van der Waals surface area contributed by atoms with Gasteiger partial charge in [0.2, 0.25) is 5.16 Å². The highest BCUT2D eigenvalue weighted by Crippen LogP contribution is 2.30. The molecule has 3 aromatic heterocycles. The van der Waals surface area contributed by atoms with Gasteiger partial charge in [0.15, 0.2) is 11.5 Å². The number of aryl methyl sites for hydroxylation is 1. The zero-order chi connectivity index (χ0) is 16.6. The van der Waals surface area contributed by atoms with E-state index in [1.807, 2.05) is 0 Å². The van der Waals surface area contributed by atoms with Crippen LogP contribution in [0, 0.1) is 6.92 Å². The highest BCUT2D eigenvalue weighted by atomic mass is 32.2. The van der Waals surface area contributed by atoms with E-state index in [0.29, 0.717) is 17.1 Å². The molecule has 0 radical (unpaired) electrons. The Bertz CT molecular complexity index is 826. The van der Waals surface area contributed by atoms with Gasteiger partial charge in [-0.15, -0.1) is 20.4 Å². The Morgan fingerprint density at radius 3 is 2.48 bits per heavy atom. The van der Waals surface area contributed by atoms with E-state index in [4.69, 9.17) is 10.3 Å². The van der Waals surface area contributed by atoms with Gasteiger partial charge in [-0.1, -0.05) is 0 Å². The fourth-order valence-corrected chi connectivity index (χ4v) is 2.44. The third-order valence-electron chi connectivity index (χ3n) is 2.89. The molecule has 0 aliphatic heterocycles. The van der Waals surface area contributed by atoms with Crippen LogP contribution in [-0.4, -0.2) is 25.1 Å². The second kappa shape index (κ2) is 5.57. The van der Waals surface area contributed by atoms with Crippen molar-refractivity contribution in [3.05, 3.63) is 35.9 Å². The topological polar surface area (TPSA) is 95.6 Å². The number of nitrogen functional groups attached to an aromatic ring is 1. The number of hydrogen-bond donors (Lipinski definition) is 1. The van der Waals surface area contributed by atoms with E-state index < -0.39 is 11.9 Å². The molecule has 11 heteroatoms. The lowest BCUT2D eigenvalue weighted by Gasteiger charge is -2.05. The van der Waals surface area contributed by atoms with E-state index in [9.17, 15) is 13.2 Å². The molecule has 0 fully saturated rings. The van der Waals surface area contributed by atoms with Crippen LogP contribution in [0.4, 0.5) is 13.2 Å². The molecule has 3 aromatic rings. The molecule has 0 spiro atoms. The second-order valence-corrected chi connectivity index (χ2v) is 5.41. The fourth-order valence-electron chi connectivity index (χ4n) is 1.77. The van der Waals surface area contributed by atoms with Crippen LogP contribution in [0.1, 0.15) is 11.5 Å². The van der Waals surface area contributed by atoms with Crippen molar-refractivity contribution in [2.45, 2.75) is 23.3 Å². The van der Waals surface area contributed by atoms with Crippen LogP contribution in [-0.2, 0) is 6.18 Å². The van der Waals surface area contributed by atoms with Crippen molar-refractivity contribution in [2.75, 3.05) is 5.84 Å². The molecule has 0 aromatic carbocycles. The van der Waals surface area contributed by atoms with Gasteiger partial charge in [0, 0.05) is 0 Å². The molecule has 0 atom stereocenters. The molecule has 3 rings (SSSR count). The normalized spacial score (nSPS) is 11.8. The number of alkyl halides is 3. The number of aromatic nitrogens is 5. The molecule has 0 unspecified atom stereocenters. The predicted molar refractivity (Wildman–Crippen MR) is 73.8 cm³/mol. The van der Waals surface area contributed by atoms with Crippen LogP contribution in [0.2, 0.25) is 0 Å². The predicted octanol–water partition coefficient (Wildman–Crippen LogP) is 2.52. The average Bonchev–Trinajstić information content (AvgIpc) is 3.06. The maximum atomic E-state index is 12.4. The van der Waals surface area contributed by atoms with Crippen LogP contribution in [0.15, 0.2) is 39.1 Å². The van der Waals surface area contributed by atoms with E-state index >= 15 is 0 Å². The van der Waals surface area contributed by atoms with Crippen LogP contribution >= 0.6 is 11.8 Å². The highest BCUT2D eigenvalue weighted by Gasteiger charge is 2.33. The van der Waals surface area contributed by atoms with Gasteiger partial charge < -0.3 is 10.3 Å². The third kappa shape index (κ3) is 2.99. The summed E-state index contributed by atoms with van der Waals surface area (Å²) in [5, 5.41) is 15.0. The zero-order valence-corrected chi connectivity index (χ0v) is 12.4. The van der Waals surface area contributed by atoms with Gasteiger partial charge >= 0.3 is 6.18 Å². The standard InChI is InChI=1S/C12H9F3N6OS/c1-6-7(4-5-22-6)10-19-20-11(21(10)16)23-9-3-2-8(17-18-9)12(13,14)15/h2-5H,16H2,1H3. The van der Waals surface area contributed by atoms with E-state index in [1.165, 1.54) is 17.0 Å². The second-order valence-electron chi connectivity index (χ2n) is 4.42. The van der Waals surface area contributed by atoms with Gasteiger partial charge in [0.1, 0.15) is 10.8 Å². The zero-order valence-electron chi connectivity index (χ0n) is 11.6. The Morgan fingerprint density at radius 2 is 1.91 bits per heavy atom.